The predicted octanol–water partition coefficient (Wildman–Crippen LogP) is 10.9. The monoisotopic (exact) mass is 1110 g/mol. The minimum absolute atomic E-state index is 0.0893. The Morgan fingerprint density at radius 1 is 0.580 bits per heavy atom. The van der Waals surface area contributed by atoms with Crippen LogP contribution in [0.1, 0.15) is 165 Å². The van der Waals surface area contributed by atoms with Crippen LogP contribution in [0.4, 0.5) is 38.5 Å². The molecule has 81 heavy (non-hydrogen) atoms. The molecule has 20 heteroatoms. The number of aromatic amines is 2. The summed E-state index contributed by atoms with van der Waals surface area (Å²) in [5.74, 6) is -5.68. The Morgan fingerprint density at radius 2 is 1.05 bits per heavy atom. The van der Waals surface area contributed by atoms with Gasteiger partial charge in [-0.3, -0.25) is 9.59 Å². The highest BCUT2D eigenvalue weighted by atomic mass is 19.1. The van der Waals surface area contributed by atoms with Gasteiger partial charge < -0.3 is 50.4 Å². The molecule has 16 nitrogen and oxygen atoms in total. The molecule has 15 rings (SSSR count). The third-order valence-corrected chi connectivity index (χ3v) is 23.1. The minimum atomic E-state index is -1.94. The second kappa shape index (κ2) is 17.7. The average molecular weight is 1120 g/mol. The van der Waals surface area contributed by atoms with Gasteiger partial charge in [0.2, 0.25) is 0 Å². The van der Waals surface area contributed by atoms with Crippen LogP contribution in [0.15, 0.2) is 36.4 Å². The normalized spacial score (nSPS) is 35.5. The number of nitrogens with one attached hydrogen (secondary N) is 4. The summed E-state index contributed by atoms with van der Waals surface area (Å²) in [4.78, 5) is 84.9. The molecule has 0 radical (unpaired) electrons. The van der Waals surface area contributed by atoms with Crippen molar-refractivity contribution < 1.29 is 47.0 Å². The lowest BCUT2D eigenvalue weighted by Crippen LogP contribution is -2.70. The van der Waals surface area contributed by atoms with Crippen LogP contribution in [0, 0.1) is 52.9 Å². The molecule has 8 fully saturated rings. The Kier molecular flexibility index (Phi) is 11.2. The number of imidazole rings is 2. The van der Waals surface area contributed by atoms with Crippen LogP contribution in [-0.2, 0) is 31.7 Å². The summed E-state index contributed by atoms with van der Waals surface area (Å²) in [6, 6.07) is 6.56. The van der Waals surface area contributed by atoms with Crippen molar-refractivity contribution in [1.29, 1.82) is 0 Å². The van der Waals surface area contributed by atoms with E-state index < -0.39 is 111 Å². The van der Waals surface area contributed by atoms with Crippen molar-refractivity contribution in [2.45, 2.75) is 188 Å². The zero-order valence-electron chi connectivity index (χ0n) is 45.9. The van der Waals surface area contributed by atoms with Gasteiger partial charge in [0, 0.05) is 29.9 Å². The van der Waals surface area contributed by atoms with E-state index in [1.54, 1.807) is 17.0 Å². The molecule has 2 spiro atoms. The number of rotatable bonds is 8. The molecule has 10 aliphatic rings. The van der Waals surface area contributed by atoms with Crippen LogP contribution in [0.3, 0.4) is 0 Å². The molecule has 2 aromatic heterocycles. The van der Waals surface area contributed by atoms with Crippen molar-refractivity contribution in [3.05, 3.63) is 82.4 Å². The summed E-state index contributed by atoms with van der Waals surface area (Å²) in [6.45, 7) is 5.03. The Labute approximate surface area is 466 Å². The molecule has 5 aromatic rings. The number of carbonyl (C=O) groups is 4. The first-order chi connectivity index (χ1) is 39.0. The van der Waals surface area contributed by atoms with Gasteiger partial charge in [0.25, 0.3) is 11.8 Å². The number of aromatic nitrogens is 4. The number of fused-ring (bicyclic) bond motifs is 4. The first-order valence-electron chi connectivity index (χ1n) is 30.1. The number of hydrogen-bond donors (Lipinski definition) is 6. The van der Waals surface area contributed by atoms with Crippen LogP contribution in [0.2, 0.25) is 0 Å². The zero-order valence-corrected chi connectivity index (χ0v) is 45.9. The van der Waals surface area contributed by atoms with Crippen molar-refractivity contribution in [3.63, 3.8) is 0 Å². The first kappa shape index (κ1) is 51.3. The molecule has 6 aliphatic heterocycles. The fraction of sp³-hybridized carbons (Fsp3) is 0.607. The number of carbonyl (C=O) groups excluding carboxylic acids is 2. The third-order valence-electron chi connectivity index (χ3n) is 23.1. The molecular formula is C61H70F4N10O6. The quantitative estimate of drug-likeness (QED) is 0.0812. The smallest absolute Gasteiger partial charge is 0.405 e. The second-order valence-electron chi connectivity index (χ2n) is 26.3. The van der Waals surface area contributed by atoms with Crippen LogP contribution in [0.25, 0.3) is 22.1 Å². The molecule has 4 amide bonds. The van der Waals surface area contributed by atoms with E-state index in [4.69, 9.17) is 9.97 Å². The zero-order chi connectivity index (χ0) is 55.9. The molecule has 6 bridgehead atoms. The number of anilines is 2. The fourth-order valence-electron chi connectivity index (χ4n) is 19.8. The van der Waals surface area contributed by atoms with Gasteiger partial charge in [-0.2, -0.15) is 0 Å². The number of carboxylic acid groups (broad SMARTS) is 2. The Hall–Kier alpha value is -6.60. The lowest BCUT2D eigenvalue weighted by atomic mass is 9.75. The fourth-order valence-corrected chi connectivity index (χ4v) is 19.8. The first-order valence-corrected chi connectivity index (χ1v) is 30.1. The van der Waals surface area contributed by atoms with Gasteiger partial charge in [0.05, 0.1) is 56.8 Å². The molecule has 4 saturated heterocycles. The summed E-state index contributed by atoms with van der Waals surface area (Å²) < 4.78 is 70.2. The molecular weight excluding hydrogens is 1040 g/mol. The maximum Gasteiger partial charge on any atom is 0.405 e. The van der Waals surface area contributed by atoms with E-state index in [2.05, 4.69) is 32.4 Å². The molecule has 4 saturated carbocycles. The molecule has 8 heterocycles. The molecule has 6 unspecified atom stereocenters. The summed E-state index contributed by atoms with van der Waals surface area (Å²) in [7, 11) is 0. The second-order valence-corrected chi connectivity index (χ2v) is 26.3. The van der Waals surface area contributed by atoms with E-state index in [0.29, 0.717) is 130 Å². The minimum Gasteiger partial charge on any atom is -0.465 e. The highest BCUT2D eigenvalue weighted by Gasteiger charge is 2.73. The number of hydrogen-bond acceptors (Lipinski definition) is 8. The molecule has 3 aromatic carbocycles. The van der Waals surface area contributed by atoms with Crippen molar-refractivity contribution in [1.82, 2.24) is 40.4 Å². The van der Waals surface area contributed by atoms with E-state index in [-0.39, 0.29) is 34.9 Å². The number of amides is 4. The molecule has 11 atom stereocenters. The summed E-state index contributed by atoms with van der Waals surface area (Å²) in [6.07, 6.45) is 8.94. The Bertz CT molecular complexity index is 3480. The molecule has 6 N–H and O–H groups in total. The van der Waals surface area contributed by atoms with E-state index in [1.807, 2.05) is 16.7 Å². The summed E-state index contributed by atoms with van der Waals surface area (Å²) in [5.41, 5.74) is -5.57. The maximum absolute atomic E-state index is 17.6. The van der Waals surface area contributed by atoms with Gasteiger partial charge in [-0.25, -0.2) is 37.1 Å². The summed E-state index contributed by atoms with van der Waals surface area (Å²) in [5, 5.41) is 27.5. The predicted molar refractivity (Wildman–Crippen MR) is 291 cm³/mol. The van der Waals surface area contributed by atoms with Crippen molar-refractivity contribution in [2.75, 3.05) is 22.9 Å². The van der Waals surface area contributed by atoms with Gasteiger partial charge in [0.15, 0.2) is 22.7 Å². The van der Waals surface area contributed by atoms with Crippen LogP contribution < -0.4 is 20.4 Å². The van der Waals surface area contributed by atoms with E-state index >= 15 is 27.2 Å². The van der Waals surface area contributed by atoms with E-state index in [9.17, 15) is 19.8 Å². The van der Waals surface area contributed by atoms with Gasteiger partial charge in [-0.05, 0) is 163 Å². The van der Waals surface area contributed by atoms with Crippen LogP contribution in [0.5, 0.6) is 0 Å². The maximum atomic E-state index is 17.6. The number of nitrogens with zero attached hydrogens (tertiary/aromatic N) is 6. The Balaban J connectivity index is 0.967. The Morgan fingerprint density at radius 3 is 1.57 bits per heavy atom. The lowest BCUT2D eigenvalue weighted by molar-refractivity contribution is -0.152. The highest BCUT2D eigenvalue weighted by Crippen LogP contribution is 2.66. The SMILES string of the molecule is CC1C[C@H](C2CC3CCCC34c3cc5nc([nH]c5cc3F)C(NC(=O)O)(C3CCCC3)C(=O)N24)N(c2cc(F)c(N3CCCCC3)c(F)c2)[C@]1(C)C1C[C@@H]2CCC[C@@]23c2cc4nc([nH]c4cc2F)[C@@](NC(=O)O)(C2CCCC2)C(=O)N13. The standard InChI is InChI=1S/C61H70F4N10O6/c1-31-22-47(48-23-34-16-10-18-58(34)37-27-43-45(29-39(37)62)68-51(66-43)60(70-55(78)79,53(76)74(48)58)32-12-4-5-13-32)73(36-25-41(64)50(42(65)26-36)72-20-8-3-9-21-72)57(31,2)49-24-35-17-11-19-59(35)38-28-44-46(30-40(38)63)69-52(67-44)61(71-56(80)81,54(77)75(49)59)33-14-6-7-15-33/h25-35,47-49,70-71H,3-24H2,1-2H3,(H,66,68)(H,67,69)(H,78,79)(H,80,81)/t31?,34?,35-,47+,48?,49?,57-,58?,59-,60?,61-/m0/s1. The van der Waals surface area contributed by atoms with Crippen LogP contribution in [-0.4, -0.2) is 101 Å². The lowest BCUT2D eigenvalue weighted by Gasteiger charge is -2.55. The summed E-state index contributed by atoms with van der Waals surface area (Å²) >= 11 is 0. The largest absolute Gasteiger partial charge is 0.465 e. The van der Waals surface area contributed by atoms with Crippen molar-refractivity contribution in [2.24, 2.45) is 29.6 Å². The van der Waals surface area contributed by atoms with Gasteiger partial charge in [-0.1, -0.05) is 45.4 Å². The van der Waals surface area contributed by atoms with Crippen molar-refractivity contribution >= 4 is 57.4 Å². The van der Waals surface area contributed by atoms with Crippen LogP contribution >= 0.6 is 0 Å². The molecule has 428 valence electrons. The van der Waals surface area contributed by atoms with Gasteiger partial charge in [-0.15, -0.1) is 0 Å². The number of piperidine rings is 1. The number of H-pyrrole nitrogens is 2. The van der Waals surface area contributed by atoms with E-state index in [0.717, 1.165) is 44.9 Å². The molecule has 4 aliphatic carbocycles. The third kappa shape index (κ3) is 6.64. The van der Waals surface area contributed by atoms with E-state index in [1.165, 1.54) is 24.3 Å². The topological polar surface area (TPSA) is 203 Å². The number of benzene rings is 3. The highest BCUT2D eigenvalue weighted by molar-refractivity contribution is 5.96. The van der Waals surface area contributed by atoms with Crippen molar-refractivity contribution in [3.8, 4) is 0 Å². The van der Waals surface area contributed by atoms with Gasteiger partial charge >= 0.3 is 12.2 Å². The van der Waals surface area contributed by atoms with Gasteiger partial charge in [0.1, 0.15) is 29.0 Å². The number of halogens is 4. The average Bonchev–Trinajstić information content (AvgIpc) is 1.95.